The monoisotopic (exact) mass is 585 g/mol. The minimum atomic E-state index is -0.712. The van der Waals surface area contributed by atoms with Crippen LogP contribution in [-0.4, -0.2) is 0 Å². The van der Waals surface area contributed by atoms with Gasteiger partial charge < -0.3 is 4.42 Å². The van der Waals surface area contributed by atoms with Gasteiger partial charge in [-0.25, -0.2) is 0 Å². The molecule has 210 valence electrons. The zero-order valence-corrected chi connectivity index (χ0v) is 23.6. The van der Waals surface area contributed by atoms with Crippen LogP contribution >= 0.6 is 0 Å². The van der Waals surface area contributed by atoms with Gasteiger partial charge >= 0.3 is 0 Å². The zero-order valence-electron chi connectivity index (χ0n) is 36.6. The standard InChI is InChI=1S/C44H28O/c1-3-12-30(13-4-1)34-20-11-21-40-44(34)39-27-26-33(28-41(39)45-40)29-22-24-32(25-23-29)43-37-18-9-7-16-35(37)42(31-14-5-2-6-15-31)36-17-8-10-19-38(36)43/h1-28H/i2D,5D,6D,7D,8D,9D,10D,14D,15D,16D,17D,18D,19D. The molecule has 9 aromatic rings. The van der Waals surface area contributed by atoms with Gasteiger partial charge in [0, 0.05) is 10.8 Å². The summed E-state index contributed by atoms with van der Waals surface area (Å²) in [6.45, 7) is 0. The van der Waals surface area contributed by atoms with Crippen molar-refractivity contribution in [3.8, 4) is 44.5 Å². The van der Waals surface area contributed by atoms with Crippen molar-refractivity contribution in [2.75, 3.05) is 0 Å². The fourth-order valence-corrected chi connectivity index (χ4v) is 6.23. The van der Waals surface area contributed by atoms with E-state index in [1.54, 1.807) is 24.3 Å². The summed E-state index contributed by atoms with van der Waals surface area (Å²) in [5, 5.41) is 1.19. The van der Waals surface area contributed by atoms with Crippen molar-refractivity contribution >= 4 is 43.5 Å². The molecule has 0 unspecified atom stereocenters. The predicted octanol–water partition coefficient (Wildman–Crippen LogP) is 12.6. The Bertz CT molecular complexity index is 3140. The van der Waals surface area contributed by atoms with Gasteiger partial charge in [-0.2, -0.15) is 0 Å². The lowest BCUT2D eigenvalue weighted by Gasteiger charge is -2.18. The molecule has 0 fully saturated rings. The SMILES string of the molecule is [2H]c1c([2H])c([2H])c(-c2c3c([2H])c([2H])c([2H])c([2H])c3c(-c3ccc(-c4ccc5c(c4)oc4cccc(-c6ccccc6)c45)cc3)c3c([2H])c([2H])c([2H])c([2H])c23)c([2H])c1[2H]. The lowest BCUT2D eigenvalue weighted by atomic mass is 9.86. The molecule has 9 rings (SSSR count). The first-order valence-corrected chi connectivity index (χ1v) is 14.4. The van der Waals surface area contributed by atoms with Crippen LogP contribution in [0.25, 0.3) is 88.0 Å². The third kappa shape index (κ3) is 4.17. The number of hydrogen-bond donors (Lipinski definition) is 0. The highest BCUT2D eigenvalue weighted by Crippen LogP contribution is 2.44. The quantitative estimate of drug-likeness (QED) is 0.187. The maximum absolute atomic E-state index is 9.17. The molecule has 0 atom stereocenters. The molecule has 45 heavy (non-hydrogen) atoms. The first-order valence-electron chi connectivity index (χ1n) is 20.9. The van der Waals surface area contributed by atoms with Crippen LogP contribution in [0.4, 0.5) is 0 Å². The van der Waals surface area contributed by atoms with Crippen LogP contribution in [0.15, 0.2) is 174 Å². The molecule has 0 N–H and O–H groups in total. The second-order valence-electron chi connectivity index (χ2n) is 10.7. The Labute approximate surface area is 279 Å². The van der Waals surface area contributed by atoms with Gasteiger partial charge in [-0.15, -0.1) is 0 Å². The minimum Gasteiger partial charge on any atom is -0.456 e. The molecule has 0 aliphatic rings. The molecule has 0 amide bonds. The second kappa shape index (κ2) is 10.4. The van der Waals surface area contributed by atoms with Crippen molar-refractivity contribution in [1.29, 1.82) is 0 Å². The molecular weight excluding hydrogens is 544 g/mol. The summed E-state index contributed by atoms with van der Waals surface area (Å²) >= 11 is 0. The van der Waals surface area contributed by atoms with Crippen LogP contribution in [-0.2, 0) is 0 Å². The Morgan fingerprint density at radius 3 is 1.62 bits per heavy atom. The van der Waals surface area contributed by atoms with Crippen molar-refractivity contribution in [1.82, 2.24) is 0 Å². The number of hydrogen-bond acceptors (Lipinski definition) is 1. The highest BCUT2D eigenvalue weighted by atomic mass is 16.3. The predicted molar refractivity (Wildman–Crippen MR) is 190 cm³/mol. The lowest BCUT2D eigenvalue weighted by molar-refractivity contribution is 0.669. The van der Waals surface area contributed by atoms with Gasteiger partial charge in [-0.3, -0.25) is 0 Å². The van der Waals surface area contributed by atoms with E-state index < -0.39 is 84.1 Å². The van der Waals surface area contributed by atoms with Gasteiger partial charge in [0.05, 0.1) is 17.8 Å². The molecule has 0 saturated carbocycles. The summed E-state index contributed by atoms with van der Waals surface area (Å²) < 4.78 is 120. The van der Waals surface area contributed by atoms with E-state index in [0.717, 1.165) is 38.6 Å². The summed E-state index contributed by atoms with van der Waals surface area (Å²) in [5.74, 6) is 0. The topological polar surface area (TPSA) is 13.1 Å². The second-order valence-corrected chi connectivity index (χ2v) is 10.7. The van der Waals surface area contributed by atoms with Crippen LogP contribution in [0.5, 0.6) is 0 Å². The van der Waals surface area contributed by atoms with Crippen LogP contribution in [0.1, 0.15) is 17.8 Å². The number of furan rings is 1. The lowest BCUT2D eigenvalue weighted by Crippen LogP contribution is -1.90. The van der Waals surface area contributed by atoms with Gasteiger partial charge in [-0.1, -0.05) is 151 Å². The number of benzene rings is 8. The van der Waals surface area contributed by atoms with Gasteiger partial charge in [0.15, 0.2) is 0 Å². The molecule has 0 spiro atoms. The van der Waals surface area contributed by atoms with E-state index in [4.69, 9.17) is 19.5 Å². The average molecular weight is 586 g/mol. The van der Waals surface area contributed by atoms with Gasteiger partial charge in [0.25, 0.3) is 0 Å². The molecule has 0 aliphatic heterocycles. The van der Waals surface area contributed by atoms with E-state index >= 15 is 0 Å². The molecule has 0 bridgehead atoms. The molecule has 0 aliphatic carbocycles. The minimum absolute atomic E-state index is 0.0767. The molecule has 1 heteroatoms. The summed E-state index contributed by atoms with van der Waals surface area (Å²) in [6, 6.07) is 20.6. The van der Waals surface area contributed by atoms with Crippen molar-refractivity contribution < 1.29 is 22.2 Å². The highest BCUT2D eigenvalue weighted by molar-refractivity contribution is 6.21. The Hall–Kier alpha value is -5.92. The summed E-state index contributed by atoms with van der Waals surface area (Å²) in [7, 11) is 0. The maximum Gasteiger partial charge on any atom is 0.136 e. The fraction of sp³-hybridized carbons (Fsp3) is 0. The van der Waals surface area contributed by atoms with E-state index in [9.17, 15) is 2.74 Å². The first-order chi connectivity index (χ1) is 27.7. The summed E-state index contributed by atoms with van der Waals surface area (Å²) in [5.41, 5.74) is 4.78. The van der Waals surface area contributed by atoms with Crippen molar-refractivity contribution in [2.45, 2.75) is 0 Å². The Balaban J connectivity index is 1.32. The van der Waals surface area contributed by atoms with E-state index in [0.29, 0.717) is 11.1 Å². The summed E-state index contributed by atoms with van der Waals surface area (Å²) in [6.07, 6.45) is 0. The molecule has 0 radical (unpaired) electrons. The van der Waals surface area contributed by atoms with E-state index in [1.165, 1.54) is 0 Å². The zero-order chi connectivity index (χ0) is 41.1. The Kier molecular flexibility index (Phi) is 3.62. The van der Waals surface area contributed by atoms with Gasteiger partial charge in [0.2, 0.25) is 0 Å². The molecule has 0 saturated heterocycles. The normalized spacial score (nSPS) is 15.6. The number of rotatable bonds is 4. The smallest absolute Gasteiger partial charge is 0.136 e. The van der Waals surface area contributed by atoms with E-state index in [1.807, 2.05) is 48.5 Å². The van der Waals surface area contributed by atoms with Crippen LogP contribution in [0, 0.1) is 0 Å². The van der Waals surface area contributed by atoms with Crippen molar-refractivity contribution in [2.24, 2.45) is 0 Å². The van der Waals surface area contributed by atoms with Crippen molar-refractivity contribution in [3.05, 3.63) is 170 Å². The van der Waals surface area contributed by atoms with E-state index in [-0.39, 0.29) is 32.7 Å². The largest absolute Gasteiger partial charge is 0.456 e. The number of fused-ring (bicyclic) bond motifs is 5. The Morgan fingerprint density at radius 1 is 0.378 bits per heavy atom. The molecule has 1 nitrogen and oxygen atoms in total. The molecule has 1 aromatic heterocycles. The first kappa shape index (κ1) is 15.7. The highest BCUT2D eigenvalue weighted by Gasteiger charge is 2.17. The van der Waals surface area contributed by atoms with E-state index in [2.05, 4.69) is 18.2 Å². The summed E-state index contributed by atoms with van der Waals surface area (Å²) in [4.78, 5) is 0. The third-order valence-electron chi connectivity index (χ3n) is 8.21. The maximum atomic E-state index is 9.17. The fourth-order valence-electron chi connectivity index (χ4n) is 6.23. The van der Waals surface area contributed by atoms with Crippen LogP contribution < -0.4 is 0 Å². The van der Waals surface area contributed by atoms with Gasteiger partial charge in [-0.05, 0) is 84.3 Å². The third-order valence-corrected chi connectivity index (χ3v) is 8.21. The van der Waals surface area contributed by atoms with Gasteiger partial charge in [0.1, 0.15) is 11.2 Å². The van der Waals surface area contributed by atoms with Crippen molar-refractivity contribution in [3.63, 3.8) is 0 Å². The molecular formula is C44H28O. The average Bonchev–Trinajstić information content (AvgIpc) is 3.62. The molecule has 8 aromatic carbocycles. The molecule has 1 heterocycles. The Morgan fingerprint density at radius 2 is 0.956 bits per heavy atom. The van der Waals surface area contributed by atoms with Crippen LogP contribution in [0.3, 0.4) is 0 Å². The van der Waals surface area contributed by atoms with Crippen LogP contribution in [0.2, 0.25) is 0 Å².